The van der Waals surface area contributed by atoms with E-state index in [1.807, 2.05) is 0 Å². The molecule has 0 aromatic heterocycles. The van der Waals surface area contributed by atoms with Crippen LogP contribution in [0.2, 0.25) is 0 Å². The van der Waals surface area contributed by atoms with Gasteiger partial charge >= 0.3 is 0 Å². The van der Waals surface area contributed by atoms with Crippen LogP contribution >= 0.6 is 0 Å². The third-order valence-electron chi connectivity index (χ3n) is 4.74. The summed E-state index contributed by atoms with van der Waals surface area (Å²) in [6.07, 6.45) is 0. The highest BCUT2D eigenvalue weighted by molar-refractivity contribution is 5.63. The molecule has 0 aliphatic heterocycles. The molecular weight excluding hydrogens is 516 g/mol. The fraction of sp³-hybridized carbons (Fsp3) is 0. The van der Waals surface area contributed by atoms with Crippen LogP contribution in [-0.2, 0) is 0 Å². The Kier molecular flexibility index (Phi) is 5.89. The minimum atomic E-state index is -2.46. The van der Waals surface area contributed by atoms with Gasteiger partial charge in [0.1, 0.15) is 0 Å². The van der Waals surface area contributed by atoms with Crippen molar-refractivity contribution in [3.8, 4) is 35.5 Å². The molecule has 0 amide bonds. The van der Waals surface area contributed by atoms with Crippen LogP contribution in [-0.4, -0.2) is 0 Å². The molecule has 1 aliphatic rings. The second-order valence-corrected chi connectivity index (χ2v) is 6.77. The molecule has 0 unspecified atom stereocenters. The van der Waals surface area contributed by atoms with Crippen molar-refractivity contribution in [3.05, 3.63) is 103 Å². The third-order valence-corrected chi connectivity index (χ3v) is 4.74. The highest BCUT2D eigenvalue weighted by Crippen LogP contribution is 2.28. The normalized spacial score (nSPS) is 11.3. The van der Waals surface area contributed by atoms with Gasteiger partial charge in [-0.15, -0.1) is 0 Å². The first-order valence-corrected chi connectivity index (χ1v) is 9.02. The Labute approximate surface area is 192 Å². The van der Waals surface area contributed by atoms with Crippen LogP contribution in [0.5, 0.6) is 0 Å². The molecule has 0 nitrogen and oxygen atoms in total. The van der Waals surface area contributed by atoms with E-state index in [0.29, 0.717) is 0 Å². The molecule has 180 valence electrons. The largest absolute Gasteiger partial charge is 0.202 e. The van der Waals surface area contributed by atoms with Crippen molar-refractivity contribution >= 4 is 0 Å². The van der Waals surface area contributed by atoms with E-state index in [-0.39, 0.29) is 0 Å². The maximum Gasteiger partial charge on any atom is 0.198 e. The van der Waals surface area contributed by atoms with Crippen LogP contribution in [0.25, 0.3) is 0 Å². The predicted molar refractivity (Wildman–Crippen MR) is 96.8 cm³/mol. The fourth-order valence-corrected chi connectivity index (χ4v) is 2.97. The van der Waals surface area contributed by atoms with E-state index in [9.17, 15) is 52.7 Å². The smallest absolute Gasteiger partial charge is 0.198 e. The molecule has 0 bridgehead atoms. The standard InChI is InChI=1S/C24F12/c25-13-7-1-2-8-10(16(28)22(34)20(32)14(8)26)5-6-12-11(17(29)23(35)24(36)18(12)30)4-3-9(7)15(27)21(33)19(13)31. The highest BCUT2D eigenvalue weighted by Gasteiger charge is 2.28. The summed E-state index contributed by atoms with van der Waals surface area (Å²) in [5.41, 5.74) is -9.04. The highest BCUT2D eigenvalue weighted by atomic mass is 19.2. The number of hydrogen-bond donors (Lipinski definition) is 0. The van der Waals surface area contributed by atoms with Gasteiger partial charge in [-0.25, -0.2) is 52.7 Å². The van der Waals surface area contributed by atoms with Crippen LogP contribution in [0.4, 0.5) is 52.7 Å². The Hall–Kier alpha value is -4.50. The molecule has 1 aliphatic carbocycles. The average molecular weight is 516 g/mol. The van der Waals surface area contributed by atoms with Gasteiger partial charge in [-0.1, -0.05) is 35.5 Å². The molecule has 0 saturated heterocycles. The van der Waals surface area contributed by atoms with E-state index in [2.05, 4.69) is 0 Å². The molecule has 0 atom stereocenters. The topological polar surface area (TPSA) is 0 Å². The Morgan fingerprint density at radius 1 is 0.194 bits per heavy atom. The average Bonchev–Trinajstić information content (AvgIpc) is 2.86. The van der Waals surface area contributed by atoms with Gasteiger partial charge in [0.2, 0.25) is 0 Å². The van der Waals surface area contributed by atoms with Gasteiger partial charge in [0.15, 0.2) is 69.8 Å². The van der Waals surface area contributed by atoms with Gasteiger partial charge in [0.05, 0.1) is 33.4 Å². The second-order valence-electron chi connectivity index (χ2n) is 6.77. The molecule has 0 heterocycles. The van der Waals surface area contributed by atoms with Crippen molar-refractivity contribution in [2.45, 2.75) is 0 Å². The second kappa shape index (κ2) is 8.62. The van der Waals surface area contributed by atoms with Gasteiger partial charge in [-0.3, -0.25) is 0 Å². The van der Waals surface area contributed by atoms with Crippen molar-refractivity contribution in [3.63, 3.8) is 0 Å². The zero-order chi connectivity index (χ0) is 26.6. The minimum Gasteiger partial charge on any atom is -0.202 e. The lowest BCUT2D eigenvalue weighted by atomic mass is 9.99. The van der Waals surface area contributed by atoms with E-state index >= 15 is 0 Å². The van der Waals surface area contributed by atoms with Crippen LogP contribution in [0.3, 0.4) is 0 Å². The van der Waals surface area contributed by atoms with E-state index in [4.69, 9.17) is 0 Å². The number of fused-ring (bicyclic) bond motifs is 3. The lowest BCUT2D eigenvalue weighted by Gasteiger charge is -2.08. The lowest BCUT2D eigenvalue weighted by Crippen LogP contribution is -2.08. The maximum atomic E-state index is 14.4. The van der Waals surface area contributed by atoms with Gasteiger partial charge in [0.25, 0.3) is 0 Å². The Bertz CT molecular complexity index is 1400. The molecule has 12 heteroatoms. The summed E-state index contributed by atoms with van der Waals surface area (Å²) in [4.78, 5) is 0. The summed E-state index contributed by atoms with van der Waals surface area (Å²) in [7, 11) is 0. The van der Waals surface area contributed by atoms with E-state index in [1.165, 1.54) is 0 Å². The predicted octanol–water partition coefficient (Wildman–Crippen LogP) is 5.87. The molecule has 0 radical (unpaired) electrons. The maximum absolute atomic E-state index is 14.4. The van der Waals surface area contributed by atoms with Crippen molar-refractivity contribution < 1.29 is 52.7 Å². The molecular formula is C24F12. The number of rotatable bonds is 0. The number of hydrogen-bond acceptors (Lipinski definition) is 0. The van der Waals surface area contributed by atoms with E-state index in [0.717, 1.165) is 0 Å². The summed E-state index contributed by atoms with van der Waals surface area (Å²) in [5.74, 6) is -18.9. The molecule has 4 rings (SSSR count). The number of halogens is 12. The Balaban J connectivity index is 2.30. The van der Waals surface area contributed by atoms with Crippen LogP contribution in [0.15, 0.2) is 0 Å². The van der Waals surface area contributed by atoms with Crippen LogP contribution in [0.1, 0.15) is 33.4 Å². The molecule has 0 saturated carbocycles. The van der Waals surface area contributed by atoms with Gasteiger partial charge in [-0.2, -0.15) is 0 Å². The molecule has 0 fully saturated rings. The zero-order valence-corrected chi connectivity index (χ0v) is 16.5. The zero-order valence-electron chi connectivity index (χ0n) is 16.5. The van der Waals surface area contributed by atoms with E-state index < -0.39 is 103 Å². The van der Waals surface area contributed by atoms with Crippen molar-refractivity contribution in [1.29, 1.82) is 0 Å². The van der Waals surface area contributed by atoms with Crippen LogP contribution in [0, 0.1) is 105 Å². The monoisotopic (exact) mass is 516 g/mol. The first-order chi connectivity index (χ1) is 16.9. The van der Waals surface area contributed by atoms with Gasteiger partial charge < -0.3 is 0 Å². The number of benzene rings is 3. The molecule has 0 N–H and O–H groups in total. The first kappa shape index (κ1) is 24.6. The van der Waals surface area contributed by atoms with Gasteiger partial charge in [0, 0.05) is 0 Å². The molecule has 3 aromatic carbocycles. The lowest BCUT2D eigenvalue weighted by molar-refractivity contribution is 0.405. The summed E-state index contributed by atoms with van der Waals surface area (Å²) < 4.78 is 169. The van der Waals surface area contributed by atoms with Crippen molar-refractivity contribution in [2.75, 3.05) is 0 Å². The van der Waals surface area contributed by atoms with Crippen LogP contribution < -0.4 is 0 Å². The molecule has 36 heavy (non-hydrogen) atoms. The summed E-state index contributed by atoms with van der Waals surface area (Å²) in [6, 6.07) is 0. The fourth-order valence-electron chi connectivity index (χ4n) is 2.97. The molecule has 3 aromatic rings. The summed E-state index contributed by atoms with van der Waals surface area (Å²) in [6.45, 7) is 0. The SMILES string of the molecule is Fc1c(F)c(F)c2c(c1F)C#Cc1c(F)c(F)c(F)c(F)c1C#Cc1c(F)c(F)c(F)c(F)c1C#C2. The molecule has 0 spiro atoms. The van der Waals surface area contributed by atoms with E-state index in [1.54, 1.807) is 35.5 Å². The quantitative estimate of drug-likeness (QED) is 0.119. The van der Waals surface area contributed by atoms with Gasteiger partial charge in [-0.05, 0) is 0 Å². The summed E-state index contributed by atoms with van der Waals surface area (Å²) in [5, 5.41) is 0. The third kappa shape index (κ3) is 3.52. The Morgan fingerprint density at radius 3 is 0.417 bits per heavy atom. The minimum absolute atomic E-state index is 1.51. The Morgan fingerprint density at radius 2 is 0.306 bits per heavy atom. The first-order valence-electron chi connectivity index (χ1n) is 9.02. The van der Waals surface area contributed by atoms with Crippen molar-refractivity contribution in [1.82, 2.24) is 0 Å². The summed E-state index contributed by atoms with van der Waals surface area (Å²) >= 11 is 0. The van der Waals surface area contributed by atoms with Crippen molar-refractivity contribution in [2.24, 2.45) is 0 Å².